The van der Waals surface area contributed by atoms with Crippen LogP contribution >= 0.6 is 27.7 Å². The molecule has 1 aliphatic heterocycles. The fourth-order valence-corrected chi connectivity index (χ4v) is 3.73. The standard InChI is InChI=1S/C15H15BrN2OS/c1-17-15-11-4-2-3-5-12(11)19-9-13(15)20-14-7-6-10(16)8-18-14/h2-8,13,15,17H,9H2,1H3. The largest absolute Gasteiger partial charge is 0.492 e. The highest BCUT2D eigenvalue weighted by Gasteiger charge is 2.30. The quantitative estimate of drug-likeness (QED) is 0.915. The molecule has 0 amide bonds. The minimum Gasteiger partial charge on any atom is -0.492 e. The molecule has 0 spiro atoms. The maximum atomic E-state index is 5.87. The minimum absolute atomic E-state index is 0.274. The van der Waals surface area contributed by atoms with Crippen molar-refractivity contribution in [3.8, 4) is 5.75 Å². The Labute approximate surface area is 131 Å². The highest BCUT2D eigenvalue weighted by Crippen LogP contribution is 2.39. The van der Waals surface area contributed by atoms with Gasteiger partial charge in [0.25, 0.3) is 0 Å². The summed E-state index contributed by atoms with van der Waals surface area (Å²) >= 11 is 5.16. The SMILES string of the molecule is CNC1c2ccccc2OCC1Sc1ccc(Br)cn1. The third-order valence-electron chi connectivity index (χ3n) is 3.31. The number of rotatable bonds is 3. The summed E-state index contributed by atoms with van der Waals surface area (Å²) in [5, 5.41) is 4.73. The van der Waals surface area contributed by atoms with E-state index in [2.05, 4.69) is 38.4 Å². The number of pyridine rings is 1. The van der Waals surface area contributed by atoms with Crippen LogP contribution in [0.25, 0.3) is 0 Å². The molecule has 2 atom stereocenters. The van der Waals surface area contributed by atoms with E-state index in [0.29, 0.717) is 11.9 Å². The molecule has 2 heterocycles. The zero-order valence-electron chi connectivity index (χ0n) is 11.0. The van der Waals surface area contributed by atoms with Crippen LogP contribution in [0.4, 0.5) is 0 Å². The van der Waals surface area contributed by atoms with Crippen molar-refractivity contribution in [2.45, 2.75) is 16.3 Å². The van der Waals surface area contributed by atoms with Crippen LogP contribution in [-0.4, -0.2) is 23.9 Å². The Bertz CT molecular complexity index is 591. The summed E-state index contributed by atoms with van der Waals surface area (Å²) < 4.78 is 6.86. The summed E-state index contributed by atoms with van der Waals surface area (Å²) in [4.78, 5) is 4.43. The number of halogens is 1. The van der Waals surface area contributed by atoms with Gasteiger partial charge in [0, 0.05) is 16.2 Å². The van der Waals surface area contributed by atoms with Gasteiger partial charge in [0.1, 0.15) is 12.4 Å². The van der Waals surface area contributed by atoms with E-state index in [4.69, 9.17) is 4.74 Å². The maximum absolute atomic E-state index is 5.87. The van der Waals surface area contributed by atoms with Crippen LogP contribution < -0.4 is 10.1 Å². The summed E-state index contributed by atoms with van der Waals surface area (Å²) in [5.41, 5.74) is 1.22. The van der Waals surface area contributed by atoms with Crippen molar-refractivity contribution < 1.29 is 4.74 Å². The van der Waals surface area contributed by atoms with E-state index in [9.17, 15) is 0 Å². The van der Waals surface area contributed by atoms with Crippen LogP contribution in [0.15, 0.2) is 52.1 Å². The number of nitrogens with one attached hydrogen (secondary N) is 1. The van der Waals surface area contributed by atoms with Crippen LogP contribution in [0.2, 0.25) is 0 Å². The van der Waals surface area contributed by atoms with Crippen molar-refractivity contribution in [2.24, 2.45) is 0 Å². The topological polar surface area (TPSA) is 34.1 Å². The predicted octanol–water partition coefficient (Wildman–Crippen LogP) is 3.66. The number of hydrogen-bond donors (Lipinski definition) is 1. The molecule has 2 aromatic rings. The van der Waals surface area contributed by atoms with Gasteiger partial charge in [-0.05, 0) is 41.2 Å². The molecule has 1 aromatic carbocycles. The normalized spacial score (nSPS) is 21.1. The summed E-state index contributed by atoms with van der Waals surface area (Å²) in [6, 6.07) is 12.5. The predicted molar refractivity (Wildman–Crippen MR) is 85.3 cm³/mol. The Morgan fingerprint density at radius 2 is 2.15 bits per heavy atom. The van der Waals surface area contributed by atoms with E-state index in [0.717, 1.165) is 15.2 Å². The van der Waals surface area contributed by atoms with Crippen LogP contribution in [0, 0.1) is 0 Å². The fourth-order valence-electron chi connectivity index (χ4n) is 2.37. The zero-order valence-corrected chi connectivity index (χ0v) is 13.4. The number of ether oxygens (including phenoxy) is 1. The molecule has 1 N–H and O–H groups in total. The van der Waals surface area contributed by atoms with E-state index < -0.39 is 0 Å². The smallest absolute Gasteiger partial charge is 0.124 e. The molecule has 5 heteroatoms. The molecule has 1 aromatic heterocycles. The molecular weight excluding hydrogens is 336 g/mol. The van der Waals surface area contributed by atoms with Crippen molar-refractivity contribution in [2.75, 3.05) is 13.7 Å². The highest BCUT2D eigenvalue weighted by atomic mass is 79.9. The first-order valence-electron chi connectivity index (χ1n) is 6.45. The second-order valence-corrected chi connectivity index (χ2v) is 6.76. The molecule has 3 nitrogen and oxygen atoms in total. The first kappa shape index (κ1) is 13.9. The third-order valence-corrected chi connectivity index (χ3v) is 4.98. The van der Waals surface area contributed by atoms with E-state index in [1.807, 2.05) is 37.5 Å². The van der Waals surface area contributed by atoms with Gasteiger partial charge >= 0.3 is 0 Å². The molecule has 0 radical (unpaired) electrons. The number of benzene rings is 1. The molecule has 2 unspecified atom stereocenters. The Balaban J connectivity index is 1.82. The van der Waals surface area contributed by atoms with Gasteiger partial charge in [-0.1, -0.05) is 30.0 Å². The molecule has 0 saturated heterocycles. The number of hydrogen-bond acceptors (Lipinski definition) is 4. The molecule has 0 bridgehead atoms. The van der Waals surface area contributed by atoms with Gasteiger partial charge < -0.3 is 10.1 Å². The lowest BCUT2D eigenvalue weighted by molar-refractivity contribution is 0.265. The molecule has 1 aliphatic rings. The number of thioether (sulfide) groups is 1. The summed E-state index contributed by atoms with van der Waals surface area (Å²) in [6.07, 6.45) is 1.83. The molecule has 0 saturated carbocycles. The Morgan fingerprint density at radius 1 is 1.30 bits per heavy atom. The maximum Gasteiger partial charge on any atom is 0.124 e. The Hall–Kier alpha value is -1.04. The van der Waals surface area contributed by atoms with Crippen LogP contribution in [-0.2, 0) is 0 Å². The molecule has 0 aliphatic carbocycles. The van der Waals surface area contributed by atoms with Gasteiger partial charge in [-0.15, -0.1) is 0 Å². The van der Waals surface area contributed by atoms with Crippen molar-refractivity contribution in [1.29, 1.82) is 0 Å². The van der Waals surface area contributed by atoms with Crippen molar-refractivity contribution >= 4 is 27.7 Å². The first-order chi connectivity index (χ1) is 9.78. The van der Waals surface area contributed by atoms with E-state index in [-0.39, 0.29) is 6.04 Å². The summed E-state index contributed by atoms with van der Waals surface area (Å²) in [6.45, 7) is 0.685. The van der Waals surface area contributed by atoms with Crippen molar-refractivity contribution in [3.05, 3.63) is 52.6 Å². The van der Waals surface area contributed by atoms with Gasteiger partial charge in [0.2, 0.25) is 0 Å². The van der Waals surface area contributed by atoms with Crippen LogP contribution in [0.1, 0.15) is 11.6 Å². The average molecular weight is 351 g/mol. The monoisotopic (exact) mass is 350 g/mol. The number of fused-ring (bicyclic) bond motifs is 1. The highest BCUT2D eigenvalue weighted by molar-refractivity contribution is 9.10. The number of aromatic nitrogens is 1. The molecular formula is C15H15BrN2OS. The van der Waals surface area contributed by atoms with E-state index in [1.54, 1.807) is 11.8 Å². The Kier molecular flexibility index (Phi) is 4.29. The van der Waals surface area contributed by atoms with Crippen molar-refractivity contribution in [3.63, 3.8) is 0 Å². The van der Waals surface area contributed by atoms with Gasteiger partial charge in [-0.3, -0.25) is 0 Å². The molecule has 104 valence electrons. The van der Waals surface area contributed by atoms with Gasteiger partial charge in [-0.2, -0.15) is 0 Å². The molecule has 0 fully saturated rings. The van der Waals surface area contributed by atoms with E-state index in [1.165, 1.54) is 5.56 Å². The fraction of sp³-hybridized carbons (Fsp3) is 0.267. The summed E-state index contributed by atoms with van der Waals surface area (Å²) in [5.74, 6) is 0.979. The lowest BCUT2D eigenvalue weighted by Crippen LogP contribution is -2.35. The lowest BCUT2D eigenvalue weighted by atomic mass is 10.0. The third kappa shape index (κ3) is 2.85. The second-order valence-electron chi connectivity index (χ2n) is 4.59. The van der Waals surface area contributed by atoms with Gasteiger partial charge in [0.05, 0.1) is 16.3 Å². The van der Waals surface area contributed by atoms with E-state index >= 15 is 0 Å². The average Bonchev–Trinajstić information content (AvgIpc) is 2.49. The van der Waals surface area contributed by atoms with Crippen molar-refractivity contribution in [1.82, 2.24) is 10.3 Å². The van der Waals surface area contributed by atoms with Crippen LogP contribution in [0.3, 0.4) is 0 Å². The number of nitrogens with zero attached hydrogens (tertiary/aromatic N) is 1. The van der Waals surface area contributed by atoms with Gasteiger partial charge in [-0.25, -0.2) is 4.98 Å². The first-order valence-corrected chi connectivity index (χ1v) is 8.12. The lowest BCUT2D eigenvalue weighted by Gasteiger charge is -2.32. The zero-order chi connectivity index (χ0) is 13.9. The second kappa shape index (κ2) is 6.16. The van der Waals surface area contributed by atoms with Gasteiger partial charge in [0.15, 0.2) is 0 Å². The minimum atomic E-state index is 0.274. The molecule has 3 rings (SSSR count). The Morgan fingerprint density at radius 3 is 2.90 bits per heavy atom. The number of para-hydroxylation sites is 1. The molecule has 20 heavy (non-hydrogen) atoms. The van der Waals surface area contributed by atoms with Crippen LogP contribution in [0.5, 0.6) is 5.75 Å². The summed E-state index contributed by atoms with van der Waals surface area (Å²) in [7, 11) is 2.00.